The highest BCUT2D eigenvalue weighted by atomic mass is 16.5. The third-order valence-corrected chi connectivity index (χ3v) is 4.29. The van der Waals surface area contributed by atoms with Gasteiger partial charge in [0.25, 0.3) is 0 Å². The molecule has 18 heavy (non-hydrogen) atoms. The van der Waals surface area contributed by atoms with Crippen molar-refractivity contribution < 1.29 is 4.74 Å². The summed E-state index contributed by atoms with van der Waals surface area (Å²) < 4.78 is 5.45. The maximum absolute atomic E-state index is 6.09. The van der Waals surface area contributed by atoms with E-state index in [4.69, 9.17) is 10.5 Å². The summed E-state index contributed by atoms with van der Waals surface area (Å²) >= 11 is 0. The van der Waals surface area contributed by atoms with Crippen LogP contribution >= 0.6 is 0 Å². The zero-order valence-electron chi connectivity index (χ0n) is 11.6. The lowest BCUT2D eigenvalue weighted by Gasteiger charge is -2.44. The second-order valence-electron chi connectivity index (χ2n) is 5.52. The molecule has 0 aromatic heterocycles. The molecule has 3 heteroatoms. The Kier molecular flexibility index (Phi) is 4.05. The van der Waals surface area contributed by atoms with E-state index in [1.807, 2.05) is 0 Å². The predicted molar refractivity (Wildman–Crippen MR) is 74.2 cm³/mol. The van der Waals surface area contributed by atoms with Crippen LogP contribution in [0.2, 0.25) is 0 Å². The maximum Gasteiger partial charge on any atom is 0.0661 e. The van der Waals surface area contributed by atoms with Gasteiger partial charge in [0.05, 0.1) is 12.1 Å². The minimum absolute atomic E-state index is 0.0617. The number of nitrogens with zero attached hydrogens (tertiary/aromatic N) is 1. The molecule has 0 fully saturated rings. The van der Waals surface area contributed by atoms with Crippen molar-refractivity contribution in [3.05, 3.63) is 35.4 Å². The van der Waals surface area contributed by atoms with E-state index in [-0.39, 0.29) is 5.54 Å². The summed E-state index contributed by atoms with van der Waals surface area (Å²) in [5.41, 5.74) is 8.87. The lowest BCUT2D eigenvalue weighted by molar-refractivity contribution is -0.0195. The van der Waals surface area contributed by atoms with Gasteiger partial charge in [-0.3, -0.25) is 4.90 Å². The summed E-state index contributed by atoms with van der Waals surface area (Å²) in [6, 6.07) is 8.64. The standard InChI is InChI=1S/C15H24N2O/c1-12(2)15(10-16,11-18-3)17-8-13-6-4-5-7-14(13)9-17/h4-7,12H,8-11,16H2,1-3H3. The second kappa shape index (κ2) is 5.39. The Bertz CT molecular complexity index is 380. The van der Waals surface area contributed by atoms with Crippen LogP contribution in [0.15, 0.2) is 24.3 Å². The molecule has 1 aromatic carbocycles. The first-order valence-electron chi connectivity index (χ1n) is 6.65. The second-order valence-corrected chi connectivity index (χ2v) is 5.52. The Balaban J connectivity index is 2.25. The monoisotopic (exact) mass is 248 g/mol. The lowest BCUT2D eigenvalue weighted by atomic mass is 9.85. The fourth-order valence-corrected chi connectivity index (χ4v) is 2.94. The topological polar surface area (TPSA) is 38.5 Å². The van der Waals surface area contributed by atoms with Crippen molar-refractivity contribution in [3.63, 3.8) is 0 Å². The van der Waals surface area contributed by atoms with Crippen LogP contribution in [0.4, 0.5) is 0 Å². The van der Waals surface area contributed by atoms with E-state index in [1.54, 1.807) is 7.11 Å². The molecule has 2 rings (SSSR count). The average molecular weight is 248 g/mol. The molecule has 0 amide bonds. The molecule has 0 aliphatic carbocycles. The molecule has 1 aliphatic heterocycles. The largest absolute Gasteiger partial charge is 0.383 e. The van der Waals surface area contributed by atoms with Gasteiger partial charge in [-0.1, -0.05) is 38.1 Å². The van der Waals surface area contributed by atoms with Crippen molar-refractivity contribution >= 4 is 0 Å². The van der Waals surface area contributed by atoms with Crippen LogP contribution in [-0.2, 0) is 17.8 Å². The van der Waals surface area contributed by atoms with Gasteiger partial charge in [-0.25, -0.2) is 0 Å². The van der Waals surface area contributed by atoms with E-state index in [0.29, 0.717) is 19.1 Å². The maximum atomic E-state index is 6.09. The molecule has 0 saturated heterocycles. The molecule has 3 nitrogen and oxygen atoms in total. The SMILES string of the molecule is COCC(CN)(C(C)C)N1Cc2ccccc2C1. The molecular formula is C15H24N2O. The number of fused-ring (bicyclic) bond motifs is 1. The number of ether oxygens (including phenoxy) is 1. The van der Waals surface area contributed by atoms with Crippen LogP contribution in [0.1, 0.15) is 25.0 Å². The van der Waals surface area contributed by atoms with E-state index in [1.165, 1.54) is 11.1 Å². The first-order chi connectivity index (χ1) is 8.64. The first-order valence-corrected chi connectivity index (χ1v) is 6.65. The minimum atomic E-state index is -0.0617. The van der Waals surface area contributed by atoms with Gasteiger partial charge in [0.15, 0.2) is 0 Å². The van der Waals surface area contributed by atoms with Gasteiger partial charge in [-0.15, -0.1) is 0 Å². The van der Waals surface area contributed by atoms with Crippen LogP contribution in [-0.4, -0.2) is 30.7 Å². The Morgan fingerprint density at radius 1 is 1.28 bits per heavy atom. The molecule has 0 spiro atoms. The summed E-state index contributed by atoms with van der Waals surface area (Å²) in [5.74, 6) is 0.469. The first kappa shape index (κ1) is 13.5. The highest BCUT2D eigenvalue weighted by Gasteiger charge is 2.41. The van der Waals surface area contributed by atoms with Crippen LogP contribution < -0.4 is 5.73 Å². The van der Waals surface area contributed by atoms with Gasteiger partial charge in [0.1, 0.15) is 0 Å². The van der Waals surface area contributed by atoms with E-state index in [0.717, 1.165) is 13.1 Å². The zero-order valence-corrected chi connectivity index (χ0v) is 11.6. The molecule has 1 aromatic rings. The van der Waals surface area contributed by atoms with E-state index in [2.05, 4.69) is 43.0 Å². The summed E-state index contributed by atoms with van der Waals surface area (Å²) in [4.78, 5) is 2.48. The van der Waals surface area contributed by atoms with Crippen molar-refractivity contribution in [2.75, 3.05) is 20.3 Å². The minimum Gasteiger partial charge on any atom is -0.383 e. The molecular weight excluding hydrogens is 224 g/mol. The van der Waals surface area contributed by atoms with Gasteiger partial charge >= 0.3 is 0 Å². The van der Waals surface area contributed by atoms with Gasteiger partial charge in [-0.05, 0) is 17.0 Å². The average Bonchev–Trinajstić information content (AvgIpc) is 2.79. The highest BCUT2D eigenvalue weighted by molar-refractivity contribution is 5.31. The number of rotatable bonds is 5. The molecule has 0 saturated carbocycles. The van der Waals surface area contributed by atoms with E-state index >= 15 is 0 Å². The van der Waals surface area contributed by atoms with Crippen molar-refractivity contribution in [3.8, 4) is 0 Å². The fourth-order valence-electron chi connectivity index (χ4n) is 2.94. The van der Waals surface area contributed by atoms with Gasteiger partial charge in [0.2, 0.25) is 0 Å². The number of hydrogen-bond acceptors (Lipinski definition) is 3. The van der Waals surface area contributed by atoms with Crippen LogP contribution in [0.3, 0.4) is 0 Å². The van der Waals surface area contributed by atoms with E-state index < -0.39 is 0 Å². The Hall–Kier alpha value is -0.900. The van der Waals surface area contributed by atoms with Gasteiger partial charge in [-0.2, -0.15) is 0 Å². The normalized spacial score (nSPS) is 18.9. The van der Waals surface area contributed by atoms with Crippen molar-refractivity contribution in [2.45, 2.75) is 32.5 Å². The molecule has 1 atom stereocenters. The van der Waals surface area contributed by atoms with Crippen LogP contribution in [0.25, 0.3) is 0 Å². The molecule has 0 bridgehead atoms. The number of benzene rings is 1. The molecule has 1 unspecified atom stereocenters. The number of methoxy groups -OCH3 is 1. The van der Waals surface area contributed by atoms with Gasteiger partial charge < -0.3 is 10.5 Å². The molecule has 100 valence electrons. The van der Waals surface area contributed by atoms with Gasteiger partial charge in [0, 0.05) is 26.7 Å². The van der Waals surface area contributed by atoms with Crippen LogP contribution in [0, 0.1) is 5.92 Å². The fraction of sp³-hybridized carbons (Fsp3) is 0.600. The Labute approximate surface area is 110 Å². The summed E-state index contributed by atoms with van der Waals surface area (Å²) in [6.45, 7) is 7.75. The zero-order chi connectivity index (χ0) is 13.2. The number of nitrogens with two attached hydrogens (primary N) is 1. The smallest absolute Gasteiger partial charge is 0.0661 e. The third kappa shape index (κ3) is 2.18. The molecule has 0 radical (unpaired) electrons. The summed E-state index contributed by atoms with van der Waals surface area (Å²) in [7, 11) is 1.76. The quantitative estimate of drug-likeness (QED) is 0.866. The molecule has 2 N–H and O–H groups in total. The predicted octanol–water partition coefficient (Wildman–Crippen LogP) is 2.00. The lowest BCUT2D eigenvalue weighted by Crippen LogP contribution is -2.58. The summed E-state index contributed by atoms with van der Waals surface area (Å²) in [6.07, 6.45) is 0. The van der Waals surface area contributed by atoms with E-state index in [9.17, 15) is 0 Å². The Morgan fingerprint density at radius 3 is 2.22 bits per heavy atom. The Morgan fingerprint density at radius 2 is 1.83 bits per heavy atom. The highest BCUT2D eigenvalue weighted by Crippen LogP contribution is 2.33. The van der Waals surface area contributed by atoms with Crippen LogP contribution in [0.5, 0.6) is 0 Å². The van der Waals surface area contributed by atoms with Crippen molar-refractivity contribution in [1.82, 2.24) is 4.90 Å². The third-order valence-electron chi connectivity index (χ3n) is 4.29. The molecule has 1 aliphatic rings. The van der Waals surface area contributed by atoms with Crippen molar-refractivity contribution in [2.24, 2.45) is 11.7 Å². The van der Waals surface area contributed by atoms with Crippen molar-refractivity contribution in [1.29, 1.82) is 0 Å². The molecule has 1 heterocycles. The number of hydrogen-bond donors (Lipinski definition) is 1. The summed E-state index contributed by atoms with van der Waals surface area (Å²) in [5, 5.41) is 0.